The number of para-hydroxylation sites is 1. The van der Waals surface area contributed by atoms with Crippen LogP contribution in [0.4, 0.5) is 4.39 Å². The molecule has 0 saturated heterocycles. The molecule has 1 aromatic heterocycles. The summed E-state index contributed by atoms with van der Waals surface area (Å²) in [5.41, 5.74) is 2.15. The molecule has 5 nitrogen and oxygen atoms in total. The number of fused-ring (bicyclic) bond motifs is 1. The van der Waals surface area contributed by atoms with E-state index in [1.54, 1.807) is 6.07 Å². The summed E-state index contributed by atoms with van der Waals surface area (Å²) in [6, 6.07) is 13.7. The molecular formula is C20H20FN3O2. The van der Waals surface area contributed by atoms with E-state index in [-0.39, 0.29) is 18.0 Å². The number of H-pyrrole nitrogens is 1. The van der Waals surface area contributed by atoms with Gasteiger partial charge in [0.25, 0.3) is 5.91 Å². The Morgan fingerprint density at radius 1 is 0.962 bits per heavy atom. The lowest BCUT2D eigenvalue weighted by atomic mass is 10.1. The molecule has 3 rings (SSSR count). The Balaban J connectivity index is 1.39. The number of carbonyl (C=O) groups excluding carboxylic acids is 2. The maximum Gasteiger partial charge on any atom is 0.254 e. The highest BCUT2D eigenvalue weighted by Crippen LogP contribution is 2.18. The van der Waals surface area contributed by atoms with Crippen molar-refractivity contribution >= 4 is 22.7 Å². The van der Waals surface area contributed by atoms with Crippen molar-refractivity contribution in [1.29, 1.82) is 0 Å². The highest BCUT2D eigenvalue weighted by atomic mass is 19.1. The van der Waals surface area contributed by atoms with E-state index >= 15 is 0 Å². The molecule has 0 spiro atoms. The van der Waals surface area contributed by atoms with Gasteiger partial charge in [0.05, 0.1) is 5.56 Å². The van der Waals surface area contributed by atoms with Crippen LogP contribution in [0.5, 0.6) is 0 Å². The van der Waals surface area contributed by atoms with Crippen LogP contribution in [0, 0.1) is 5.82 Å². The van der Waals surface area contributed by atoms with Crippen LogP contribution >= 0.6 is 0 Å². The molecule has 3 aromatic rings. The minimum atomic E-state index is -0.562. The maximum absolute atomic E-state index is 13.5. The lowest BCUT2D eigenvalue weighted by Crippen LogP contribution is -2.35. The first-order valence-corrected chi connectivity index (χ1v) is 8.49. The van der Waals surface area contributed by atoms with E-state index in [0.717, 1.165) is 16.5 Å². The van der Waals surface area contributed by atoms with Gasteiger partial charge in [-0.3, -0.25) is 9.59 Å². The topological polar surface area (TPSA) is 74.0 Å². The van der Waals surface area contributed by atoms with E-state index in [9.17, 15) is 14.0 Å². The van der Waals surface area contributed by atoms with Gasteiger partial charge in [-0.2, -0.15) is 0 Å². The Labute approximate surface area is 150 Å². The fraction of sp³-hybridized carbons (Fsp3) is 0.200. The Morgan fingerprint density at radius 2 is 1.69 bits per heavy atom. The third kappa shape index (κ3) is 4.27. The Hall–Kier alpha value is -3.15. The van der Waals surface area contributed by atoms with Gasteiger partial charge in [-0.25, -0.2) is 4.39 Å². The number of aryl methyl sites for hydroxylation is 1. The van der Waals surface area contributed by atoms with E-state index in [0.29, 0.717) is 19.4 Å². The molecule has 0 bridgehead atoms. The van der Waals surface area contributed by atoms with E-state index in [2.05, 4.69) is 15.6 Å². The van der Waals surface area contributed by atoms with E-state index in [1.165, 1.54) is 18.2 Å². The predicted octanol–water partition coefficient (Wildman–Crippen LogP) is 2.79. The number of aromatic nitrogens is 1. The van der Waals surface area contributed by atoms with Gasteiger partial charge in [0.2, 0.25) is 5.91 Å². The van der Waals surface area contributed by atoms with Gasteiger partial charge in [-0.05, 0) is 30.2 Å². The Kier molecular flexibility index (Phi) is 5.63. The molecule has 0 aliphatic rings. The van der Waals surface area contributed by atoms with Crippen LogP contribution < -0.4 is 10.6 Å². The highest BCUT2D eigenvalue weighted by molar-refractivity contribution is 5.94. The molecule has 0 aliphatic heterocycles. The van der Waals surface area contributed by atoms with E-state index in [1.807, 2.05) is 30.5 Å². The van der Waals surface area contributed by atoms with Crippen molar-refractivity contribution in [1.82, 2.24) is 15.6 Å². The number of hydrogen-bond donors (Lipinski definition) is 3. The highest BCUT2D eigenvalue weighted by Gasteiger charge is 2.10. The molecule has 0 radical (unpaired) electrons. The van der Waals surface area contributed by atoms with Crippen molar-refractivity contribution in [2.45, 2.75) is 12.8 Å². The molecule has 134 valence electrons. The number of hydrogen-bond acceptors (Lipinski definition) is 2. The SMILES string of the molecule is O=C(CCc1c[nH]c2ccccc12)NCCNC(=O)c1ccccc1F. The largest absolute Gasteiger partial charge is 0.361 e. The molecule has 0 unspecified atom stereocenters. The molecule has 0 fully saturated rings. The normalized spacial score (nSPS) is 10.7. The third-order valence-electron chi connectivity index (χ3n) is 4.15. The zero-order valence-electron chi connectivity index (χ0n) is 14.2. The second-order valence-corrected chi connectivity index (χ2v) is 5.95. The molecule has 0 atom stereocenters. The zero-order chi connectivity index (χ0) is 18.4. The number of rotatable bonds is 7. The maximum atomic E-state index is 13.5. The number of benzene rings is 2. The van der Waals surface area contributed by atoms with Crippen molar-refractivity contribution in [2.24, 2.45) is 0 Å². The summed E-state index contributed by atoms with van der Waals surface area (Å²) in [6.45, 7) is 0.541. The lowest BCUT2D eigenvalue weighted by Gasteiger charge is -2.07. The van der Waals surface area contributed by atoms with Crippen molar-refractivity contribution < 1.29 is 14.0 Å². The van der Waals surface area contributed by atoms with Gasteiger partial charge >= 0.3 is 0 Å². The second kappa shape index (κ2) is 8.29. The molecular weight excluding hydrogens is 333 g/mol. The van der Waals surface area contributed by atoms with Gasteiger partial charge in [0, 0.05) is 36.6 Å². The van der Waals surface area contributed by atoms with Crippen molar-refractivity contribution in [2.75, 3.05) is 13.1 Å². The molecule has 6 heteroatoms. The summed E-state index contributed by atoms with van der Waals surface area (Å²) in [5, 5.41) is 6.47. The Morgan fingerprint density at radius 3 is 2.54 bits per heavy atom. The fourth-order valence-corrected chi connectivity index (χ4v) is 2.79. The van der Waals surface area contributed by atoms with E-state index in [4.69, 9.17) is 0 Å². The summed E-state index contributed by atoms with van der Waals surface area (Å²) in [5.74, 6) is -1.14. The third-order valence-corrected chi connectivity index (χ3v) is 4.15. The van der Waals surface area contributed by atoms with Gasteiger partial charge in [0.15, 0.2) is 0 Å². The molecule has 1 heterocycles. The predicted molar refractivity (Wildman–Crippen MR) is 98.4 cm³/mol. The monoisotopic (exact) mass is 353 g/mol. The molecule has 3 N–H and O–H groups in total. The minimum Gasteiger partial charge on any atom is -0.361 e. The first kappa shape index (κ1) is 17.7. The van der Waals surface area contributed by atoms with Crippen LogP contribution in [-0.2, 0) is 11.2 Å². The number of carbonyl (C=O) groups is 2. The van der Waals surface area contributed by atoms with Crippen LogP contribution in [0.1, 0.15) is 22.3 Å². The summed E-state index contributed by atoms with van der Waals surface area (Å²) in [4.78, 5) is 27.0. The first-order valence-electron chi connectivity index (χ1n) is 8.49. The van der Waals surface area contributed by atoms with Crippen LogP contribution in [0.25, 0.3) is 10.9 Å². The van der Waals surface area contributed by atoms with Crippen molar-refractivity contribution in [3.63, 3.8) is 0 Å². The minimum absolute atomic E-state index is 0.00170. The summed E-state index contributed by atoms with van der Waals surface area (Å²) >= 11 is 0. The van der Waals surface area contributed by atoms with Gasteiger partial charge in [-0.15, -0.1) is 0 Å². The standard InChI is InChI=1S/C20H20FN3O2/c21-17-7-3-1-6-16(17)20(26)23-12-11-22-19(25)10-9-14-13-24-18-8-4-2-5-15(14)18/h1-8,13,24H,9-12H2,(H,22,25)(H,23,26). The molecule has 2 aromatic carbocycles. The Bertz CT molecular complexity index is 920. The second-order valence-electron chi connectivity index (χ2n) is 5.95. The smallest absolute Gasteiger partial charge is 0.254 e. The van der Waals surface area contributed by atoms with Gasteiger partial charge in [-0.1, -0.05) is 30.3 Å². The van der Waals surface area contributed by atoms with Crippen LogP contribution in [0.3, 0.4) is 0 Å². The number of halogens is 1. The number of nitrogens with one attached hydrogen (secondary N) is 3. The molecule has 0 aliphatic carbocycles. The fourth-order valence-electron chi connectivity index (χ4n) is 2.79. The zero-order valence-corrected chi connectivity index (χ0v) is 14.2. The van der Waals surface area contributed by atoms with Crippen molar-refractivity contribution in [3.8, 4) is 0 Å². The van der Waals surface area contributed by atoms with Crippen LogP contribution in [0.15, 0.2) is 54.7 Å². The number of amides is 2. The van der Waals surface area contributed by atoms with Gasteiger partial charge in [0.1, 0.15) is 5.82 Å². The van der Waals surface area contributed by atoms with Crippen LogP contribution in [-0.4, -0.2) is 29.9 Å². The lowest BCUT2D eigenvalue weighted by molar-refractivity contribution is -0.121. The summed E-state index contributed by atoms with van der Waals surface area (Å²) < 4.78 is 13.5. The molecule has 2 amide bonds. The van der Waals surface area contributed by atoms with Crippen LogP contribution in [0.2, 0.25) is 0 Å². The molecule has 0 saturated carbocycles. The number of aromatic amines is 1. The quantitative estimate of drug-likeness (QED) is 0.572. The van der Waals surface area contributed by atoms with E-state index < -0.39 is 11.7 Å². The average molecular weight is 353 g/mol. The van der Waals surface area contributed by atoms with Gasteiger partial charge < -0.3 is 15.6 Å². The summed E-state index contributed by atoms with van der Waals surface area (Å²) in [7, 11) is 0. The van der Waals surface area contributed by atoms with Crippen molar-refractivity contribution in [3.05, 3.63) is 71.7 Å². The average Bonchev–Trinajstić information content (AvgIpc) is 3.07. The summed E-state index contributed by atoms with van der Waals surface area (Å²) in [6.07, 6.45) is 2.92. The molecule has 26 heavy (non-hydrogen) atoms. The first-order chi connectivity index (χ1) is 12.6.